The number of likely N-dealkylation sites (tertiary alicyclic amines) is 1. The lowest BCUT2D eigenvalue weighted by Gasteiger charge is -2.25. The van der Waals surface area contributed by atoms with Gasteiger partial charge in [0, 0.05) is 18.0 Å². The van der Waals surface area contributed by atoms with E-state index in [4.69, 9.17) is 11.6 Å². The molecule has 0 aliphatic carbocycles. The van der Waals surface area contributed by atoms with Crippen LogP contribution in [0.1, 0.15) is 29.6 Å². The first kappa shape index (κ1) is 17.1. The first-order valence-electron chi connectivity index (χ1n) is 8.89. The lowest BCUT2D eigenvalue weighted by atomic mass is 10.1. The molecule has 0 radical (unpaired) electrons. The molecular formula is C20H20ClN3O2. The summed E-state index contributed by atoms with van der Waals surface area (Å²) in [7, 11) is 0. The van der Waals surface area contributed by atoms with Gasteiger partial charge in [-0.05, 0) is 56.3 Å². The number of fused-ring (bicyclic) bond motifs is 2. The first-order valence-corrected chi connectivity index (χ1v) is 9.26. The van der Waals surface area contributed by atoms with Crippen LogP contribution in [0.5, 0.6) is 0 Å². The average molecular weight is 370 g/mol. The fourth-order valence-electron chi connectivity index (χ4n) is 3.62. The zero-order valence-corrected chi connectivity index (χ0v) is 15.1. The number of carbonyl (C=O) groups is 2. The Morgan fingerprint density at radius 1 is 1.08 bits per heavy atom. The van der Waals surface area contributed by atoms with Crippen LogP contribution in [0, 0.1) is 0 Å². The molecule has 2 heterocycles. The molecule has 0 spiro atoms. The van der Waals surface area contributed by atoms with E-state index in [1.165, 1.54) is 12.8 Å². The zero-order chi connectivity index (χ0) is 18.1. The minimum atomic E-state index is -0.259. The van der Waals surface area contributed by atoms with Crippen LogP contribution < -0.4 is 10.2 Å². The summed E-state index contributed by atoms with van der Waals surface area (Å²) in [5, 5.41) is 3.35. The van der Waals surface area contributed by atoms with Crippen molar-refractivity contribution in [1.82, 2.24) is 4.90 Å². The largest absolute Gasteiger partial charge is 0.320 e. The fraction of sp³-hybridized carbons (Fsp3) is 0.300. The Bertz CT molecular complexity index is 862. The van der Waals surface area contributed by atoms with Gasteiger partial charge in [-0.3, -0.25) is 14.5 Å². The lowest BCUT2D eigenvalue weighted by Crippen LogP contribution is -2.31. The highest BCUT2D eigenvalue weighted by molar-refractivity contribution is 6.31. The first-order chi connectivity index (χ1) is 12.6. The Morgan fingerprint density at radius 2 is 1.85 bits per heavy atom. The number of benzene rings is 2. The van der Waals surface area contributed by atoms with E-state index in [2.05, 4.69) is 10.2 Å². The van der Waals surface area contributed by atoms with Crippen molar-refractivity contribution < 1.29 is 9.59 Å². The minimum absolute atomic E-state index is 0.0237. The predicted molar refractivity (Wildman–Crippen MR) is 103 cm³/mol. The molecule has 0 saturated carbocycles. The number of nitrogens with one attached hydrogen (secondary N) is 1. The summed E-state index contributed by atoms with van der Waals surface area (Å²) in [4.78, 5) is 29.8. The molecule has 2 aliphatic rings. The van der Waals surface area contributed by atoms with Gasteiger partial charge >= 0.3 is 0 Å². The van der Waals surface area contributed by atoms with Gasteiger partial charge in [0.05, 0.1) is 22.6 Å². The van der Waals surface area contributed by atoms with E-state index < -0.39 is 0 Å². The number of halogens is 1. The van der Waals surface area contributed by atoms with Crippen molar-refractivity contribution in [2.75, 3.05) is 29.9 Å². The topological polar surface area (TPSA) is 52.7 Å². The molecule has 0 atom stereocenters. The second-order valence-electron chi connectivity index (χ2n) is 6.66. The summed E-state index contributed by atoms with van der Waals surface area (Å²) in [6.07, 6.45) is 2.80. The highest BCUT2D eigenvalue weighted by atomic mass is 35.5. The lowest BCUT2D eigenvalue weighted by molar-refractivity contribution is -0.118. The Kier molecular flexibility index (Phi) is 4.66. The summed E-state index contributed by atoms with van der Waals surface area (Å²) in [5.74, 6) is -0.283. The van der Waals surface area contributed by atoms with Gasteiger partial charge in [0.2, 0.25) is 5.91 Å². The van der Waals surface area contributed by atoms with Gasteiger partial charge in [-0.2, -0.15) is 0 Å². The van der Waals surface area contributed by atoms with Gasteiger partial charge in [-0.15, -0.1) is 0 Å². The Labute approximate surface area is 157 Å². The molecule has 1 N–H and O–H groups in total. The molecule has 0 aromatic heterocycles. The Balaban J connectivity index is 1.72. The third-order valence-corrected chi connectivity index (χ3v) is 5.16. The molecule has 0 bridgehead atoms. The summed E-state index contributed by atoms with van der Waals surface area (Å²) >= 11 is 6.09. The summed E-state index contributed by atoms with van der Waals surface area (Å²) in [6, 6.07) is 12.4. The second-order valence-corrected chi connectivity index (χ2v) is 7.10. The van der Waals surface area contributed by atoms with Crippen molar-refractivity contribution in [3.8, 4) is 0 Å². The molecular weight excluding hydrogens is 350 g/mol. The molecule has 6 heteroatoms. The molecule has 26 heavy (non-hydrogen) atoms. The van der Waals surface area contributed by atoms with E-state index in [0.29, 0.717) is 34.1 Å². The predicted octanol–water partition coefficient (Wildman–Crippen LogP) is 4.06. The maximum Gasteiger partial charge on any atom is 0.257 e. The van der Waals surface area contributed by atoms with E-state index in [-0.39, 0.29) is 11.8 Å². The van der Waals surface area contributed by atoms with Gasteiger partial charge in [0.15, 0.2) is 0 Å². The molecule has 2 aromatic rings. The number of amides is 2. The quantitative estimate of drug-likeness (QED) is 0.887. The van der Waals surface area contributed by atoms with Gasteiger partial charge in [-0.25, -0.2) is 0 Å². The molecule has 2 aliphatic heterocycles. The maximum atomic E-state index is 13.2. The Hall–Kier alpha value is -2.37. The van der Waals surface area contributed by atoms with Crippen molar-refractivity contribution in [2.24, 2.45) is 0 Å². The monoisotopic (exact) mass is 369 g/mol. The number of anilines is 3. The third kappa shape index (κ3) is 3.20. The number of hydrogen-bond acceptors (Lipinski definition) is 3. The van der Waals surface area contributed by atoms with Crippen LogP contribution in [-0.2, 0) is 4.79 Å². The highest BCUT2D eigenvalue weighted by Crippen LogP contribution is 2.39. The third-order valence-electron chi connectivity index (χ3n) is 4.93. The van der Waals surface area contributed by atoms with Crippen LogP contribution in [-0.4, -0.2) is 36.3 Å². The normalized spacial score (nSPS) is 16.7. The molecule has 2 aromatic carbocycles. The molecule has 134 valence electrons. The van der Waals surface area contributed by atoms with Crippen molar-refractivity contribution in [2.45, 2.75) is 19.3 Å². The molecule has 4 rings (SSSR count). The van der Waals surface area contributed by atoms with Crippen LogP contribution in [0.4, 0.5) is 17.1 Å². The highest BCUT2D eigenvalue weighted by Gasteiger charge is 2.29. The van der Waals surface area contributed by atoms with Gasteiger partial charge in [0.25, 0.3) is 5.91 Å². The standard InChI is InChI=1S/C20H20ClN3O2/c21-14-7-8-17-15(13-14)20(26)22-16-5-1-2-6-18(16)24(17)19(25)9-12-23-10-3-4-11-23/h1-2,5-8,13H,3-4,9-12H2,(H,22,26). The van der Waals surface area contributed by atoms with E-state index in [0.717, 1.165) is 19.6 Å². The summed E-state index contributed by atoms with van der Waals surface area (Å²) < 4.78 is 0. The minimum Gasteiger partial charge on any atom is -0.320 e. The average Bonchev–Trinajstić information content (AvgIpc) is 3.12. The van der Waals surface area contributed by atoms with Crippen molar-refractivity contribution in [3.05, 3.63) is 53.1 Å². The number of nitrogens with zero attached hydrogens (tertiary/aromatic N) is 2. The van der Waals surface area contributed by atoms with Crippen LogP contribution in [0.3, 0.4) is 0 Å². The maximum absolute atomic E-state index is 13.2. The zero-order valence-electron chi connectivity index (χ0n) is 14.4. The molecule has 1 saturated heterocycles. The number of para-hydroxylation sites is 2. The van der Waals surface area contributed by atoms with Crippen molar-refractivity contribution in [1.29, 1.82) is 0 Å². The SMILES string of the molecule is O=C1Nc2ccccc2N(C(=O)CCN2CCCC2)c2ccc(Cl)cc21. The van der Waals surface area contributed by atoms with Crippen LogP contribution >= 0.6 is 11.6 Å². The molecule has 2 amide bonds. The van der Waals surface area contributed by atoms with E-state index in [1.54, 1.807) is 23.1 Å². The van der Waals surface area contributed by atoms with E-state index in [9.17, 15) is 9.59 Å². The van der Waals surface area contributed by atoms with Gasteiger partial charge in [0.1, 0.15) is 0 Å². The fourth-order valence-corrected chi connectivity index (χ4v) is 3.79. The van der Waals surface area contributed by atoms with Gasteiger partial charge < -0.3 is 10.2 Å². The van der Waals surface area contributed by atoms with Crippen LogP contribution in [0.25, 0.3) is 0 Å². The number of rotatable bonds is 3. The summed E-state index contributed by atoms with van der Waals surface area (Å²) in [6.45, 7) is 2.84. The molecule has 5 nitrogen and oxygen atoms in total. The second kappa shape index (κ2) is 7.09. The van der Waals surface area contributed by atoms with Crippen LogP contribution in [0.2, 0.25) is 5.02 Å². The molecule has 1 fully saturated rings. The smallest absolute Gasteiger partial charge is 0.257 e. The van der Waals surface area contributed by atoms with Gasteiger partial charge in [-0.1, -0.05) is 23.7 Å². The summed E-state index contributed by atoms with van der Waals surface area (Å²) in [5.41, 5.74) is 2.29. The van der Waals surface area contributed by atoms with E-state index >= 15 is 0 Å². The van der Waals surface area contributed by atoms with Crippen molar-refractivity contribution >= 4 is 40.5 Å². The van der Waals surface area contributed by atoms with Crippen molar-refractivity contribution in [3.63, 3.8) is 0 Å². The van der Waals surface area contributed by atoms with Crippen LogP contribution in [0.15, 0.2) is 42.5 Å². The molecule has 0 unspecified atom stereocenters. The number of carbonyl (C=O) groups excluding carboxylic acids is 2. The van der Waals surface area contributed by atoms with E-state index in [1.807, 2.05) is 24.3 Å². The number of hydrogen-bond donors (Lipinski definition) is 1. The Morgan fingerprint density at radius 3 is 2.65 bits per heavy atom.